The summed E-state index contributed by atoms with van der Waals surface area (Å²) in [5.74, 6) is 0. The lowest BCUT2D eigenvalue weighted by molar-refractivity contribution is 0.340. The SMILES string of the molecule is CCCCCCCCCCCC(C(CCCCCCCCCCC)S(=O)(=O)O)P(=O)(O)O. The highest BCUT2D eigenvalue weighted by molar-refractivity contribution is 7.87. The summed E-state index contributed by atoms with van der Waals surface area (Å²) in [4.78, 5) is 19.6. The van der Waals surface area contributed by atoms with Crippen LogP contribution in [0.2, 0.25) is 0 Å². The Bertz CT molecular complexity index is 575. The Labute approximate surface area is 198 Å². The maximum absolute atomic E-state index is 12.1. The Morgan fingerprint density at radius 1 is 0.594 bits per heavy atom. The summed E-state index contributed by atoms with van der Waals surface area (Å²) in [6.45, 7) is 4.37. The van der Waals surface area contributed by atoms with Crippen LogP contribution < -0.4 is 0 Å². The molecule has 3 N–H and O–H groups in total. The zero-order valence-electron chi connectivity index (χ0n) is 20.7. The van der Waals surface area contributed by atoms with Crippen LogP contribution >= 0.6 is 7.60 Å². The van der Waals surface area contributed by atoms with Gasteiger partial charge in [-0.05, 0) is 12.8 Å². The molecular weight excluding hydrogens is 447 g/mol. The highest BCUT2D eigenvalue weighted by Gasteiger charge is 2.41. The molecule has 0 aromatic rings. The van der Waals surface area contributed by atoms with Crippen molar-refractivity contribution >= 4 is 17.7 Å². The predicted octanol–water partition coefficient (Wildman–Crippen LogP) is 7.63. The van der Waals surface area contributed by atoms with Crippen LogP contribution in [0.15, 0.2) is 0 Å². The molecule has 0 amide bonds. The van der Waals surface area contributed by atoms with Gasteiger partial charge in [-0.2, -0.15) is 8.42 Å². The normalized spacial score (nSPS) is 14.5. The van der Waals surface area contributed by atoms with E-state index in [1.54, 1.807) is 0 Å². The lowest BCUT2D eigenvalue weighted by Gasteiger charge is -2.25. The Balaban J connectivity index is 4.41. The van der Waals surface area contributed by atoms with Crippen molar-refractivity contribution < 1.29 is 27.3 Å². The second kappa shape index (κ2) is 19.4. The van der Waals surface area contributed by atoms with E-state index in [0.717, 1.165) is 38.5 Å². The van der Waals surface area contributed by atoms with Crippen LogP contribution in [-0.2, 0) is 14.7 Å². The van der Waals surface area contributed by atoms with E-state index < -0.39 is 28.6 Å². The number of hydrogen-bond donors (Lipinski definition) is 3. The van der Waals surface area contributed by atoms with E-state index in [2.05, 4.69) is 13.8 Å². The van der Waals surface area contributed by atoms with Gasteiger partial charge in [0.25, 0.3) is 10.1 Å². The maximum Gasteiger partial charge on any atom is 0.330 e. The van der Waals surface area contributed by atoms with Gasteiger partial charge in [0.15, 0.2) is 0 Å². The molecule has 0 spiro atoms. The topological polar surface area (TPSA) is 112 Å². The fourth-order valence-corrected chi connectivity index (χ4v) is 7.47. The second-order valence-electron chi connectivity index (χ2n) is 9.44. The van der Waals surface area contributed by atoms with E-state index in [0.29, 0.717) is 12.8 Å². The monoisotopic (exact) mass is 498 g/mol. The smallest absolute Gasteiger partial charge is 0.324 e. The van der Waals surface area contributed by atoms with Gasteiger partial charge in [0.05, 0.1) is 5.66 Å². The zero-order valence-corrected chi connectivity index (χ0v) is 22.4. The number of rotatable bonds is 23. The molecule has 0 fully saturated rings. The molecule has 0 radical (unpaired) electrons. The molecule has 8 heteroatoms. The van der Waals surface area contributed by atoms with Gasteiger partial charge < -0.3 is 9.79 Å². The number of hydrogen-bond acceptors (Lipinski definition) is 3. The predicted molar refractivity (Wildman–Crippen MR) is 135 cm³/mol. The molecule has 0 saturated carbocycles. The Morgan fingerprint density at radius 2 is 0.906 bits per heavy atom. The third-order valence-electron chi connectivity index (χ3n) is 6.44. The van der Waals surface area contributed by atoms with Crippen LogP contribution in [-0.4, -0.2) is 33.7 Å². The highest BCUT2D eigenvalue weighted by atomic mass is 32.2. The van der Waals surface area contributed by atoms with Gasteiger partial charge in [-0.25, -0.2) is 0 Å². The first-order chi connectivity index (χ1) is 15.1. The fourth-order valence-electron chi connectivity index (χ4n) is 4.43. The molecule has 194 valence electrons. The van der Waals surface area contributed by atoms with Crippen LogP contribution in [0, 0.1) is 0 Å². The van der Waals surface area contributed by atoms with Gasteiger partial charge in [0, 0.05) is 0 Å². The Morgan fingerprint density at radius 3 is 1.22 bits per heavy atom. The minimum absolute atomic E-state index is 0.113. The van der Waals surface area contributed by atoms with E-state index in [1.165, 1.54) is 64.2 Å². The zero-order chi connectivity index (χ0) is 24.3. The van der Waals surface area contributed by atoms with Gasteiger partial charge in [-0.1, -0.05) is 129 Å². The minimum atomic E-state index is -4.62. The van der Waals surface area contributed by atoms with E-state index in [1.807, 2.05) is 0 Å². The summed E-state index contributed by atoms with van der Waals surface area (Å²) in [7, 11) is -9.13. The summed E-state index contributed by atoms with van der Waals surface area (Å²) < 4.78 is 45.7. The fraction of sp³-hybridized carbons (Fsp3) is 1.00. The quantitative estimate of drug-likeness (QED) is 0.0758. The first-order valence-corrected chi connectivity index (χ1v) is 16.3. The Hall–Kier alpha value is 0.0600. The van der Waals surface area contributed by atoms with Crippen molar-refractivity contribution in [2.75, 3.05) is 0 Å². The van der Waals surface area contributed by atoms with Crippen LogP contribution in [0.5, 0.6) is 0 Å². The molecule has 0 aliphatic rings. The second-order valence-corrected chi connectivity index (χ2v) is 12.9. The van der Waals surface area contributed by atoms with Crippen molar-refractivity contribution in [2.24, 2.45) is 0 Å². The van der Waals surface area contributed by atoms with Crippen molar-refractivity contribution in [3.63, 3.8) is 0 Å². The molecule has 32 heavy (non-hydrogen) atoms. The van der Waals surface area contributed by atoms with E-state index in [9.17, 15) is 27.3 Å². The van der Waals surface area contributed by atoms with E-state index in [-0.39, 0.29) is 12.8 Å². The van der Waals surface area contributed by atoms with Crippen molar-refractivity contribution in [1.29, 1.82) is 0 Å². The first kappa shape index (κ1) is 32.1. The summed E-state index contributed by atoms with van der Waals surface area (Å²) in [6, 6.07) is 0. The molecule has 0 heterocycles. The van der Waals surface area contributed by atoms with Crippen LogP contribution in [0.4, 0.5) is 0 Å². The maximum atomic E-state index is 12.1. The van der Waals surface area contributed by atoms with Crippen LogP contribution in [0.1, 0.15) is 142 Å². The summed E-state index contributed by atoms with van der Waals surface area (Å²) in [5, 5.41) is -1.37. The molecule has 0 rings (SSSR count). The van der Waals surface area contributed by atoms with Gasteiger partial charge in [-0.15, -0.1) is 0 Å². The molecule has 2 unspecified atom stereocenters. The standard InChI is InChI=1S/C24H51O6PS/c1-3-5-7-9-11-13-15-17-19-21-23(31(25,26)27)24(32(28,29)30)22-20-18-16-14-12-10-8-6-4-2/h23-24H,3-22H2,1-2H3,(H2,25,26,27)(H,28,29,30). The minimum Gasteiger partial charge on any atom is -0.324 e. The van der Waals surface area contributed by atoms with Gasteiger partial charge in [-0.3, -0.25) is 9.12 Å². The molecule has 0 saturated heterocycles. The third kappa shape index (κ3) is 17.5. The lowest BCUT2D eigenvalue weighted by Crippen LogP contribution is -2.34. The van der Waals surface area contributed by atoms with Crippen molar-refractivity contribution in [3.05, 3.63) is 0 Å². The molecule has 6 nitrogen and oxygen atoms in total. The molecule has 0 aromatic heterocycles. The van der Waals surface area contributed by atoms with Crippen molar-refractivity contribution in [1.82, 2.24) is 0 Å². The molecule has 0 bridgehead atoms. The summed E-state index contributed by atoms with van der Waals surface area (Å²) in [5.41, 5.74) is -1.31. The third-order valence-corrected chi connectivity index (χ3v) is 9.45. The lowest BCUT2D eigenvalue weighted by atomic mass is 10.0. The highest BCUT2D eigenvalue weighted by Crippen LogP contribution is 2.48. The Kier molecular flexibility index (Phi) is 19.4. The molecular formula is C24H51O6PS. The van der Waals surface area contributed by atoms with Crippen LogP contribution in [0.25, 0.3) is 0 Å². The van der Waals surface area contributed by atoms with Gasteiger partial charge in [0.1, 0.15) is 5.25 Å². The average molecular weight is 499 g/mol. The van der Waals surface area contributed by atoms with E-state index in [4.69, 9.17) is 0 Å². The molecule has 0 aromatic carbocycles. The summed E-state index contributed by atoms with van der Waals surface area (Å²) >= 11 is 0. The van der Waals surface area contributed by atoms with Crippen LogP contribution in [0.3, 0.4) is 0 Å². The van der Waals surface area contributed by atoms with Crippen molar-refractivity contribution in [3.8, 4) is 0 Å². The average Bonchev–Trinajstić information content (AvgIpc) is 2.70. The summed E-state index contributed by atoms with van der Waals surface area (Å²) in [6.07, 6.45) is 19.5. The number of unbranched alkanes of at least 4 members (excludes halogenated alkanes) is 16. The largest absolute Gasteiger partial charge is 0.330 e. The molecule has 0 aliphatic heterocycles. The molecule has 0 aliphatic carbocycles. The van der Waals surface area contributed by atoms with Crippen molar-refractivity contribution in [2.45, 2.75) is 153 Å². The molecule has 2 atom stereocenters. The van der Waals surface area contributed by atoms with Gasteiger partial charge >= 0.3 is 7.60 Å². The first-order valence-electron chi connectivity index (χ1n) is 13.2. The van der Waals surface area contributed by atoms with E-state index >= 15 is 0 Å². The van der Waals surface area contributed by atoms with Gasteiger partial charge in [0.2, 0.25) is 0 Å².